The predicted molar refractivity (Wildman–Crippen MR) is 70.7 cm³/mol. The third-order valence-corrected chi connectivity index (χ3v) is 3.37. The summed E-state index contributed by atoms with van der Waals surface area (Å²) >= 11 is 0. The molecule has 17 heavy (non-hydrogen) atoms. The number of amides is 1. The molecule has 0 bridgehead atoms. The van der Waals surface area contributed by atoms with Gasteiger partial charge in [-0.05, 0) is 38.3 Å². The van der Waals surface area contributed by atoms with Crippen LogP contribution in [0.1, 0.15) is 33.1 Å². The fourth-order valence-corrected chi connectivity index (χ4v) is 2.30. The summed E-state index contributed by atoms with van der Waals surface area (Å²) in [6, 6.07) is -0.335. The average molecular weight is 241 g/mol. The van der Waals surface area contributed by atoms with Gasteiger partial charge in [0.1, 0.15) is 0 Å². The number of hydrogen-bond acceptors (Lipinski definition) is 3. The van der Waals surface area contributed by atoms with E-state index < -0.39 is 0 Å². The van der Waals surface area contributed by atoms with E-state index in [1.165, 1.54) is 25.9 Å². The summed E-state index contributed by atoms with van der Waals surface area (Å²) in [6.45, 7) is 8.33. The second kappa shape index (κ2) is 6.97. The first-order valence-electron chi connectivity index (χ1n) is 6.73. The fraction of sp³-hybridized carbons (Fsp3) is 0.923. The highest BCUT2D eigenvalue weighted by molar-refractivity contribution is 5.81. The Morgan fingerprint density at radius 1 is 1.35 bits per heavy atom. The van der Waals surface area contributed by atoms with Gasteiger partial charge in [0.2, 0.25) is 5.91 Å². The molecular weight excluding hydrogens is 214 g/mol. The Bertz CT molecular complexity index is 237. The maximum absolute atomic E-state index is 12.0. The molecule has 1 fully saturated rings. The number of carbonyl (C=O) groups excluding carboxylic acids is 1. The van der Waals surface area contributed by atoms with Crippen molar-refractivity contribution >= 4 is 5.91 Å². The van der Waals surface area contributed by atoms with Gasteiger partial charge in [-0.1, -0.05) is 13.8 Å². The maximum atomic E-state index is 12.0. The van der Waals surface area contributed by atoms with Gasteiger partial charge in [-0.2, -0.15) is 0 Å². The molecule has 0 aromatic rings. The molecule has 0 aromatic heterocycles. The zero-order valence-electron chi connectivity index (χ0n) is 11.5. The molecule has 2 N–H and O–H groups in total. The predicted octanol–water partition coefficient (Wildman–Crippen LogP) is 0.914. The van der Waals surface area contributed by atoms with Crippen molar-refractivity contribution in [1.82, 2.24) is 9.80 Å². The van der Waals surface area contributed by atoms with Crippen LogP contribution in [0.2, 0.25) is 0 Å². The molecule has 1 atom stereocenters. The smallest absolute Gasteiger partial charge is 0.239 e. The van der Waals surface area contributed by atoms with Crippen LogP contribution in [0.3, 0.4) is 0 Å². The minimum absolute atomic E-state index is 0.0814. The molecule has 4 nitrogen and oxygen atoms in total. The Morgan fingerprint density at radius 2 is 1.94 bits per heavy atom. The van der Waals surface area contributed by atoms with Gasteiger partial charge in [-0.25, -0.2) is 0 Å². The molecule has 0 aromatic carbocycles. The molecule has 1 saturated heterocycles. The van der Waals surface area contributed by atoms with Gasteiger partial charge in [0.05, 0.1) is 6.04 Å². The van der Waals surface area contributed by atoms with Crippen molar-refractivity contribution in [3.05, 3.63) is 0 Å². The Balaban J connectivity index is 2.25. The summed E-state index contributed by atoms with van der Waals surface area (Å²) in [5.74, 6) is 0.554. The molecule has 1 rings (SSSR count). The molecule has 0 unspecified atom stereocenters. The summed E-state index contributed by atoms with van der Waals surface area (Å²) in [6.07, 6.45) is 3.36. The van der Waals surface area contributed by atoms with Crippen LogP contribution in [-0.4, -0.2) is 55.0 Å². The number of carbonyl (C=O) groups is 1. The van der Waals surface area contributed by atoms with E-state index in [9.17, 15) is 4.79 Å². The third-order valence-electron chi connectivity index (χ3n) is 3.37. The molecule has 0 radical (unpaired) electrons. The van der Waals surface area contributed by atoms with E-state index in [1.54, 1.807) is 4.90 Å². The summed E-state index contributed by atoms with van der Waals surface area (Å²) in [5, 5.41) is 0. The van der Waals surface area contributed by atoms with Crippen molar-refractivity contribution in [3.63, 3.8) is 0 Å². The molecule has 1 aliphatic rings. The number of likely N-dealkylation sites (N-methyl/N-ethyl adjacent to an activating group) is 1. The van der Waals surface area contributed by atoms with Crippen LogP contribution >= 0.6 is 0 Å². The van der Waals surface area contributed by atoms with Crippen LogP contribution in [0, 0.1) is 5.92 Å². The highest BCUT2D eigenvalue weighted by atomic mass is 16.2. The van der Waals surface area contributed by atoms with E-state index in [4.69, 9.17) is 5.73 Å². The standard InChI is InChI=1S/C13H27N3O/c1-11(2)10-12(14)13(17)15(3)8-9-16-6-4-5-7-16/h11-12H,4-10,14H2,1-3H3/t12-/m0/s1. The zero-order chi connectivity index (χ0) is 12.8. The van der Waals surface area contributed by atoms with Gasteiger partial charge < -0.3 is 15.5 Å². The van der Waals surface area contributed by atoms with E-state index in [1.807, 2.05) is 7.05 Å². The Labute approximate surface area is 105 Å². The second-order valence-electron chi connectivity index (χ2n) is 5.54. The highest BCUT2D eigenvalue weighted by Gasteiger charge is 2.20. The van der Waals surface area contributed by atoms with E-state index in [0.717, 1.165) is 19.5 Å². The van der Waals surface area contributed by atoms with E-state index >= 15 is 0 Å². The largest absolute Gasteiger partial charge is 0.343 e. The van der Waals surface area contributed by atoms with E-state index in [0.29, 0.717) is 5.92 Å². The Morgan fingerprint density at radius 3 is 2.47 bits per heavy atom. The summed E-state index contributed by atoms with van der Waals surface area (Å²) in [5.41, 5.74) is 5.90. The molecule has 0 spiro atoms. The molecular formula is C13H27N3O. The minimum Gasteiger partial charge on any atom is -0.343 e. The number of nitrogens with two attached hydrogens (primary N) is 1. The fourth-order valence-electron chi connectivity index (χ4n) is 2.30. The van der Waals surface area contributed by atoms with Crippen LogP contribution in [0.5, 0.6) is 0 Å². The van der Waals surface area contributed by atoms with Gasteiger partial charge in [-0.3, -0.25) is 4.79 Å². The van der Waals surface area contributed by atoms with Crippen molar-refractivity contribution in [1.29, 1.82) is 0 Å². The van der Waals surface area contributed by atoms with Gasteiger partial charge in [0, 0.05) is 20.1 Å². The van der Waals surface area contributed by atoms with Crippen LogP contribution in [0.15, 0.2) is 0 Å². The SMILES string of the molecule is CC(C)C[C@H](N)C(=O)N(C)CCN1CCCC1. The van der Waals surface area contributed by atoms with Crippen molar-refractivity contribution in [2.45, 2.75) is 39.2 Å². The lowest BCUT2D eigenvalue weighted by molar-refractivity contribution is -0.131. The first-order valence-corrected chi connectivity index (χ1v) is 6.73. The average Bonchev–Trinajstić information content (AvgIpc) is 2.76. The zero-order valence-corrected chi connectivity index (χ0v) is 11.5. The lowest BCUT2D eigenvalue weighted by Crippen LogP contribution is -2.44. The molecule has 1 heterocycles. The van der Waals surface area contributed by atoms with Crippen molar-refractivity contribution in [3.8, 4) is 0 Å². The highest BCUT2D eigenvalue weighted by Crippen LogP contribution is 2.08. The summed E-state index contributed by atoms with van der Waals surface area (Å²) in [7, 11) is 1.86. The normalized spacial score (nSPS) is 18.6. The minimum atomic E-state index is -0.335. The van der Waals surface area contributed by atoms with Crippen LogP contribution < -0.4 is 5.73 Å². The van der Waals surface area contributed by atoms with Gasteiger partial charge in [0.15, 0.2) is 0 Å². The molecule has 0 saturated carbocycles. The number of nitrogens with zero attached hydrogens (tertiary/aromatic N) is 2. The number of hydrogen-bond donors (Lipinski definition) is 1. The van der Waals surface area contributed by atoms with Gasteiger partial charge >= 0.3 is 0 Å². The van der Waals surface area contributed by atoms with Crippen LogP contribution in [0.4, 0.5) is 0 Å². The van der Waals surface area contributed by atoms with Crippen LogP contribution in [0.25, 0.3) is 0 Å². The lowest BCUT2D eigenvalue weighted by atomic mass is 10.0. The monoisotopic (exact) mass is 241 g/mol. The second-order valence-corrected chi connectivity index (χ2v) is 5.54. The van der Waals surface area contributed by atoms with Crippen molar-refractivity contribution in [2.24, 2.45) is 11.7 Å². The Hall–Kier alpha value is -0.610. The summed E-state index contributed by atoms with van der Waals surface area (Å²) < 4.78 is 0. The molecule has 4 heteroatoms. The maximum Gasteiger partial charge on any atom is 0.239 e. The van der Waals surface area contributed by atoms with Gasteiger partial charge in [-0.15, -0.1) is 0 Å². The van der Waals surface area contributed by atoms with E-state index in [-0.39, 0.29) is 11.9 Å². The first kappa shape index (κ1) is 14.5. The quantitative estimate of drug-likeness (QED) is 0.752. The molecule has 0 aliphatic carbocycles. The molecule has 100 valence electrons. The number of likely N-dealkylation sites (tertiary alicyclic amines) is 1. The molecule has 1 aliphatic heterocycles. The Kier molecular flexibility index (Phi) is 5.92. The lowest BCUT2D eigenvalue weighted by Gasteiger charge is -2.24. The van der Waals surface area contributed by atoms with Crippen LogP contribution in [-0.2, 0) is 4.79 Å². The van der Waals surface area contributed by atoms with Gasteiger partial charge in [0.25, 0.3) is 0 Å². The summed E-state index contributed by atoms with van der Waals surface area (Å²) in [4.78, 5) is 16.2. The topological polar surface area (TPSA) is 49.6 Å². The van der Waals surface area contributed by atoms with Crippen molar-refractivity contribution in [2.75, 3.05) is 33.2 Å². The first-order chi connectivity index (χ1) is 8.00. The van der Waals surface area contributed by atoms with E-state index in [2.05, 4.69) is 18.7 Å². The third kappa shape index (κ3) is 5.04. The van der Waals surface area contributed by atoms with Crippen molar-refractivity contribution < 1.29 is 4.79 Å². The molecule has 1 amide bonds. The number of rotatable bonds is 6.